The van der Waals surface area contributed by atoms with Crippen molar-refractivity contribution < 1.29 is 19.1 Å². The van der Waals surface area contributed by atoms with Gasteiger partial charge in [0.25, 0.3) is 5.91 Å². The minimum absolute atomic E-state index is 0.111. The molecule has 0 radical (unpaired) electrons. The summed E-state index contributed by atoms with van der Waals surface area (Å²) in [5.74, 6) is -1.81. The maximum absolute atomic E-state index is 12.8. The van der Waals surface area contributed by atoms with Gasteiger partial charge in [0.1, 0.15) is 11.9 Å². The maximum atomic E-state index is 12.8. The van der Waals surface area contributed by atoms with Crippen LogP contribution in [0.25, 0.3) is 0 Å². The van der Waals surface area contributed by atoms with Crippen LogP contribution in [0.15, 0.2) is 53.7 Å². The number of rotatable bonds is 7. The van der Waals surface area contributed by atoms with Crippen molar-refractivity contribution in [2.75, 3.05) is 5.32 Å². The number of benzene rings is 2. The molecule has 24 heavy (non-hydrogen) atoms. The minimum atomic E-state index is -0.994. The number of aliphatic carboxylic acids is 1. The Morgan fingerprint density at radius 3 is 2.25 bits per heavy atom. The molecule has 124 valence electrons. The molecular weight excluding hydrogens is 315 g/mol. The van der Waals surface area contributed by atoms with E-state index >= 15 is 0 Å². The summed E-state index contributed by atoms with van der Waals surface area (Å²) in [4.78, 5) is 33.4. The van der Waals surface area contributed by atoms with Gasteiger partial charge >= 0.3 is 5.97 Å². The molecular formula is C17H15FN2O4. The summed E-state index contributed by atoms with van der Waals surface area (Å²) in [6.07, 6.45) is -0.0421. The predicted molar refractivity (Wildman–Crippen MR) is 86.2 cm³/mol. The Hall–Kier alpha value is -3.09. The summed E-state index contributed by atoms with van der Waals surface area (Å²) in [6, 6.07) is 10.8. The van der Waals surface area contributed by atoms with Crippen molar-refractivity contribution >= 4 is 17.6 Å². The monoisotopic (exact) mass is 330 g/mol. The summed E-state index contributed by atoms with van der Waals surface area (Å²) < 4.78 is 12.8. The second-order valence-corrected chi connectivity index (χ2v) is 5.14. The van der Waals surface area contributed by atoms with E-state index in [1.807, 2.05) is 0 Å². The number of carboxylic acid groups (broad SMARTS) is 1. The number of carboxylic acids is 1. The third-order valence-electron chi connectivity index (χ3n) is 3.42. The predicted octanol–water partition coefficient (Wildman–Crippen LogP) is 3.75. The van der Waals surface area contributed by atoms with Gasteiger partial charge in [-0.25, -0.2) is 4.39 Å². The maximum Gasteiger partial charge on any atom is 0.303 e. The van der Waals surface area contributed by atoms with Crippen LogP contribution in [-0.2, 0) is 4.79 Å². The van der Waals surface area contributed by atoms with E-state index in [4.69, 9.17) is 5.11 Å². The molecule has 2 N–H and O–H groups in total. The SMILES string of the molecule is O=NC(CCC(=O)O)c1ccc(NC(=O)c2ccc(F)cc2)cc1. The lowest BCUT2D eigenvalue weighted by Gasteiger charge is -2.10. The molecule has 1 atom stereocenters. The summed E-state index contributed by atoms with van der Waals surface area (Å²) in [5.41, 5.74) is 1.39. The van der Waals surface area contributed by atoms with Crippen LogP contribution >= 0.6 is 0 Å². The van der Waals surface area contributed by atoms with Crippen molar-refractivity contribution in [2.45, 2.75) is 18.9 Å². The number of nitrogens with zero attached hydrogens (tertiary/aromatic N) is 1. The molecule has 0 saturated heterocycles. The average molecular weight is 330 g/mol. The lowest BCUT2D eigenvalue weighted by molar-refractivity contribution is -0.137. The molecule has 2 aromatic carbocycles. The van der Waals surface area contributed by atoms with Gasteiger partial charge < -0.3 is 10.4 Å². The number of carbonyl (C=O) groups is 2. The zero-order valence-electron chi connectivity index (χ0n) is 12.6. The first-order valence-corrected chi connectivity index (χ1v) is 7.20. The van der Waals surface area contributed by atoms with Gasteiger partial charge in [-0.05, 0) is 48.4 Å². The lowest BCUT2D eigenvalue weighted by Crippen LogP contribution is -2.11. The Morgan fingerprint density at radius 1 is 1.08 bits per heavy atom. The van der Waals surface area contributed by atoms with Crippen molar-refractivity contribution in [3.8, 4) is 0 Å². The quantitative estimate of drug-likeness (QED) is 0.756. The zero-order chi connectivity index (χ0) is 17.5. The number of hydrogen-bond donors (Lipinski definition) is 2. The van der Waals surface area contributed by atoms with Crippen LogP contribution in [0.4, 0.5) is 10.1 Å². The van der Waals surface area contributed by atoms with Gasteiger partial charge in [0, 0.05) is 17.7 Å². The molecule has 0 bridgehead atoms. The third kappa shape index (κ3) is 4.70. The number of amides is 1. The second-order valence-electron chi connectivity index (χ2n) is 5.14. The smallest absolute Gasteiger partial charge is 0.303 e. The lowest BCUT2D eigenvalue weighted by atomic mass is 10.0. The molecule has 2 aromatic rings. The van der Waals surface area contributed by atoms with Gasteiger partial charge in [-0.1, -0.05) is 17.3 Å². The number of hydrogen-bond acceptors (Lipinski definition) is 4. The molecule has 0 fully saturated rings. The van der Waals surface area contributed by atoms with E-state index in [-0.39, 0.29) is 12.8 Å². The Labute approximate surface area is 137 Å². The standard InChI is InChI=1S/C17H15FN2O4/c18-13-5-1-12(2-6-13)17(23)19-14-7-3-11(4-8-14)15(20-24)9-10-16(21)22/h1-8,15H,9-10H2,(H,19,23)(H,21,22). The zero-order valence-corrected chi connectivity index (χ0v) is 12.6. The topological polar surface area (TPSA) is 95.8 Å². The Kier molecular flexibility index (Phi) is 5.73. The minimum Gasteiger partial charge on any atom is -0.481 e. The van der Waals surface area contributed by atoms with E-state index in [0.717, 1.165) is 0 Å². The highest BCUT2D eigenvalue weighted by molar-refractivity contribution is 6.04. The van der Waals surface area contributed by atoms with Gasteiger partial charge in [0.05, 0.1) is 0 Å². The normalized spacial score (nSPS) is 11.5. The van der Waals surface area contributed by atoms with Crippen LogP contribution in [0.2, 0.25) is 0 Å². The van der Waals surface area contributed by atoms with E-state index in [0.29, 0.717) is 16.8 Å². The molecule has 7 heteroatoms. The Bertz CT molecular complexity index is 729. The Morgan fingerprint density at radius 2 is 1.71 bits per heavy atom. The van der Waals surface area contributed by atoms with Gasteiger partial charge in [-0.3, -0.25) is 9.59 Å². The average Bonchev–Trinajstić information content (AvgIpc) is 2.57. The molecule has 2 rings (SSSR count). The largest absolute Gasteiger partial charge is 0.481 e. The van der Waals surface area contributed by atoms with E-state index in [1.165, 1.54) is 24.3 Å². The highest BCUT2D eigenvalue weighted by Gasteiger charge is 2.14. The van der Waals surface area contributed by atoms with Crippen molar-refractivity contribution in [1.82, 2.24) is 0 Å². The molecule has 0 saturated carbocycles. The molecule has 0 aliphatic carbocycles. The summed E-state index contributed by atoms with van der Waals surface area (Å²) in [7, 11) is 0. The van der Waals surface area contributed by atoms with Crippen LogP contribution in [0, 0.1) is 10.7 Å². The number of halogens is 1. The van der Waals surface area contributed by atoms with E-state index in [9.17, 15) is 18.9 Å². The van der Waals surface area contributed by atoms with Gasteiger partial charge in [0.15, 0.2) is 0 Å². The molecule has 1 unspecified atom stereocenters. The summed E-state index contributed by atoms with van der Waals surface area (Å²) in [5, 5.41) is 14.2. The first kappa shape index (κ1) is 17.3. The van der Waals surface area contributed by atoms with E-state index in [2.05, 4.69) is 10.5 Å². The molecule has 0 aliphatic heterocycles. The van der Waals surface area contributed by atoms with Gasteiger partial charge in [-0.2, -0.15) is 4.91 Å². The fraction of sp³-hybridized carbons (Fsp3) is 0.176. The summed E-state index contributed by atoms with van der Waals surface area (Å²) in [6.45, 7) is 0. The highest BCUT2D eigenvalue weighted by Crippen LogP contribution is 2.24. The highest BCUT2D eigenvalue weighted by atomic mass is 19.1. The van der Waals surface area contributed by atoms with Crippen LogP contribution in [0.5, 0.6) is 0 Å². The second kappa shape index (κ2) is 7.96. The molecule has 6 nitrogen and oxygen atoms in total. The number of nitrogens with one attached hydrogen (secondary N) is 1. The van der Waals surface area contributed by atoms with E-state index < -0.39 is 23.7 Å². The van der Waals surface area contributed by atoms with Crippen LogP contribution < -0.4 is 5.32 Å². The van der Waals surface area contributed by atoms with Gasteiger partial charge in [0.2, 0.25) is 0 Å². The first-order valence-electron chi connectivity index (χ1n) is 7.20. The van der Waals surface area contributed by atoms with Crippen LogP contribution in [0.3, 0.4) is 0 Å². The number of carbonyl (C=O) groups excluding carboxylic acids is 1. The van der Waals surface area contributed by atoms with E-state index in [1.54, 1.807) is 24.3 Å². The fourth-order valence-corrected chi connectivity index (χ4v) is 2.13. The third-order valence-corrected chi connectivity index (χ3v) is 3.42. The molecule has 0 spiro atoms. The van der Waals surface area contributed by atoms with Gasteiger partial charge in [-0.15, -0.1) is 0 Å². The molecule has 0 heterocycles. The van der Waals surface area contributed by atoms with Crippen molar-refractivity contribution in [3.63, 3.8) is 0 Å². The van der Waals surface area contributed by atoms with Crippen molar-refractivity contribution in [2.24, 2.45) is 5.18 Å². The molecule has 0 aromatic heterocycles. The van der Waals surface area contributed by atoms with Crippen LogP contribution in [-0.4, -0.2) is 17.0 Å². The molecule has 1 amide bonds. The fourth-order valence-electron chi connectivity index (χ4n) is 2.13. The first-order chi connectivity index (χ1) is 11.5. The van der Waals surface area contributed by atoms with Crippen molar-refractivity contribution in [1.29, 1.82) is 0 Å². The number of anilines is 1. The molecule has 0 aliphatic rings. The Balaban J connectivity index is 2.03. The summed E-state index contributed by atoms with van der Waals surface area (Å²) >= 11 is 0. The van der Waals surface area contributed by atoms with Crippen LogP contribution in [0.1, 0.15) is 34.8 Å². The number of nitroso groups, excluding NO2 is 1. The van der Waals surface area contributed by atoms with Crippen molar-refractivity contribution in [3.05, 3.63) is 70.4 Å².